The summed E-state index contributed by atoms with van der Waals surface area (Å²) in [4.78, 5) is 11.2. The number of esters is 1. The van der Waals surface area contributed by atoms with Crippen molar-refractivity contribution in [2.24, 2.45) is 5.73 Å². The minimum atomic E-state index is -0.451. The molecule has 5 heteroatoms. The highest BCUT2D eigenvalue weighted by Gasteiger charge is 2.45. The van der Waals surface area contributed by atoms with Crippen molar-refractivity contribution in [1.82, 2.24) is 0 Å². The van der Waals surface area contributed by atoms with Gasteiger partial charge in [0.2, 0.25) is 0 Å². The minimum absolute atomic E-state index is 0.244. The second kappa shape index (κ2) is 4.31. The van der Waals surface area contributed by atoms with Crippen molar-refractivity contribution in [2.45, 2.75) is 43.4 Å². The first-order chi connectivity index (χ1) is 7.58. The molecule has 1 heterocycles. The van der Waals surface area contributed by atoms with Gasteiger partial charge in [0.15, 0.2) is 5.79 Å². The Labute approximate surface area is 95.2 Å². The van der Waals surface area contributed by atoms with Crippen LogP contribution in [0.3, 0.4) is 0 Å². The fourth-order valence-electron chi connectivity index (χ4n) is 2.45. The summed E-state index contributed by atoms with van der Waals surface area (Å²) in [5, 5.41) is 0. The molecule has 1 aliphatic carbocycles. The van der Waals surface area contributed by atoms with E-state index in [9.17, 15) is 4.79 Å². The van der Waals surface area contributed by atoms with Gasteiger partial charge in [-0.25, -0.2) is 0 Å². The summed E-state index contributed by atoms with van der Waals surface area (Å²) in [5.74, 6) is -0.661. The SMILES string of the molecule is COC(=O)CC1(N)CCC2(CC1)OCCO2. The molecule has 0 amide bonds. The van der Waals surface area contributed by atoms with Crippen LogP contribution in [0.15, 0.2) is 0 Å². The summed E-state index contributed by atoms with van der Waals surface area (Å²) >= 11 is 0. The van der Waals surface area contributed by atoms with E-state index in [0.717, 1.165) is 25.7 Å². The van der Waals surface area contributed by atoms with E-state index in [1.54, 1.807) is 0 Å². The lowest BCUT2D eigenvalue weighted by molar-refractivity contribution is -0.186. The molecule has 1 aliphatic heterocycles. The molecule has 0 bridgehead atoms. The van der Waals surface area contributed by atoms with Crippen LogP contribution in [-0.2, 0) is 19.0 Å². The van der Waals surface area contributed by atoms with Gasteiger partial charge in [0, 0.05) is 18.4 Å². The van der Waals surface area contributed by atoms with Gasteiger partial charge in [0.05, 0.1) is 26.7 Å². The van der Waals surface area contributed by atoms with Crippen LogP contribution in [0.2, 0.25) is 0 Å². The molecule has 0 atom stereocenters. The molecule has 5 nitrogen and oxygen atoms in total. The second-order valence-corrected chi connectivity index (χ2v) is 4.72. The largest absolute Gasteiger partial charge is 0.469 e. The lowest BCUT2D eigenvalue weighted by Crippen LogP contribution is -2.50. The maximum Gasteiger partial charge on any atom is 0.307 e. The van der Waals surface area contributed by atoms with E-state index >= 15 is 0 Å². The first-order valence-electron chi connectivity index (χ1n) is 5.71. The fourth-order valence-corrected chi connectivity index (χ4v) is 2.45. The lowest BCUT2D eigenvalue weighted by atomic mass is 9.77. The van der Waals surface area contributed by atoms with Crippen LogP contribution in [0, 0.1) is 0 Å². The summed E-state index contributed by atoms with van der Waals surface area (Å²) in [6.45, 7) is 1.32. The van der Waals surface area contributed by atoms with Crippen molar-refractivity contribution in [3.8, 4) is 0 Å². The molecule has 1 saturated heterocycles. The lowest BCUT2D eigenvalue weighted by Gasteiger charge is -2.40. The van der Waals surface area contributed by atoms with E-state index in [0.29, 0.717) is 13.2 Å². The Kier molecular flexibility index (Phi) is 3.19. The highest BCUT2D eigenvalue weighted by molar-refractivity contribution is 5.70. The smallest absolute Gasteiger partial charge is 0.307 e. The highest BCUT2D eigenvalue weighted by Crippen LogP contribution is 2.40. The van der Waals surface area contributed by atoms with Gasteiger partial charge >= 0.3 is 5.97 Å². The maximum atomic E-state index is 11.2. The van der Waals surface area contributed by atoms with Gasteiger partial charge in [-0.2, -0.15) is 0 Å². The van der Waals surface area contributed by atoms with Crippen LogP contribution in [0.4, 0.5) is 0 Å². The Morgan fingerprint density at radius 2 is 1.81 bits per heavy atom. The van der Waals surface area contributed by atoms with Crippen molar-refractivity contribution in [2.75, 3.05) is 20.3 Å². The number of methoxy groups -OCH3 is 1. The molecule has 92 valence electrons. The Balaban J connectivity index is 1.90. The molecule has 1 spiro atoms. The van der Waals surface area contributed by atoms with Crippen molar-refractivity contribution in [1.29, 1.82) is 0 Å². The van der Waals surface area contributed by atoms with Crippen molar-refractivity contribution in [3.05, 3.63) is 0 Å². The van der Waals surface area contributed by atoms with Gasteiger partial charge in [-0.3, -0.25) is 4.79 Å². The zero-order valence-corrected chi connectivity index (χ0v) is 9.66. The Hall–Kier alpha value is -0.650. The molecular formula is C11H19NO4. The molecule has 2 fully saturated rings. The fraction of sp³-hybridized carbons (Fsp3) is 0.909. The Morgan fingerprint density at radius 3 is 2.31 bits per heavy atom. The van der Waals surface area contributed by atoms with Gasteiger partial charge in [-0.15, -0.1) is 0 Å². The van der Waals surface area contributed by atoms with Gasteiger partial charge in [-0.1, -0.05) is 0 Å². The van der Waals surface area contributed by atoms with Crippen molar-refractivity contribution in [3.63, 3.8) is 0 Å². The molecule has 2 N–H and O–H groups in total. The molecule has 0 radical (unpaired) electrons. The molecule has 1 saturated carbocycles. The number of nitrogens with two attached hydrogens (primary N) is 1. The molecule has 16 heavy (non-hydrogen) atoms. The first kappa shape index (κ1) is 11.8. The number of carbonyl (C=O) groups excluding carboxylic acids is 1. The van der Waals surface area contributed by atoms with Gasteiger partial charge < -0.3 is 19.9 Å². The van der Waals surface area contributed by atoms with Gasteiger partial charge in [0.1, 0.15) is 0 Å². The highest BCUT2D eigenvalue weighted by atomic mass is 16.7. The van der Waals surface area contributed by atoms with Crippen molar-refractivity contribution >= 4 is 5.97 Å². The number of ether oxygens (including phenoxy) is 3. The molecule has 0 aromatic rings. The number of carbonyl (C=O) groups is 1. The molecule has 2 aliphatic rings. The molecular weight excluding hydrogens is 210 g/mol. The van der Waals surface area contributed by atoms with Crippen LogP contribution in [0.1, 0.15) is 32.1 Å². The minimum Gasteiger partial charge on any atom is -0.469 e. The molecule has 2 rings (SSSR count). The normalized spacial score (nSPS) is 26.9. The standard InChI is InChI=1S/C11H19NO4/c1-14-9(13)8-10(12)2-4-11(5-3-10)15-6-7-16-11/h2-8,12H2,1H3. The van der Waals surface area contributed by atoms with E-state index in [1.165, 1.54) is 7.11 Å². The summed E-state index contributed by atoms with van der Waals surface area (Å²) in [6, 6.07) is 0. The van der Waals surface area contributed by atoms with Crippen LogP contribution in [0.5, 0.6) is 0 Å². The van der Waals surface area contributed by atoms with Crippen LogP contribution < -0.4 is 5.73 Å². The van der Waals surface area contributed by atoms with E-state index < -0.39 is 11.3 Å². The average molecular weight is 229 g/mol. The van der Waals surface area contributed by atoms with Crippen LogP contribution in [-0.4, -0.2) is 37.6 Å². The van der Waals surface area contributed by atoms with E-state index in [1.807, 2.05) is 0 Å². The molecule has 0 aromatic carbocycles. The summed E-state index contributed by atoms with van der Waals surface area (Å²) in [6.07, 6.45) is 3.28. The zero-order chi connectivity index (χ0) is 11.6. The predicted molar refractivity (Wildman–Crippen MR) is 56.7 cm³/mol. The third-order valence-corrected chi connectivity index (χ3v) is 3.55. The number of rotatable bonds is 2. The third kappa shape index (κ3) is 2.36. The topological polar surface area (TPSA) is 70.8 Å². The molecule has 0 unspecified atom stereocenters. The summed E-state index contributed by atoms with van der Waals surface area (Å²) in [5.41, 5.74) is 5.72. The molecule has 0 aromatic heterocycles. The zero-order valence-electron chi connectivity index (χ0n) is 9.66. The Morgan fingerprint density at radius 1 is 1.25 bits per heavy atom. The van der Waals surface area contributed by atoms with Gasteiger partial charge in [0.25, 0.3) is 0 Å². The maximum absolute atomic E-state index is 11.2. The van der Waals surface area contributed by atoms with E-state index in [4.69, 9.17) is 15.2 Å². The Bertz CT molecular complexity index is 263. The predicted octanol–water partition coefficient (Wildman–Crippen LogP) is 0.564. The number of hydrogen-bond donors (Lipinski definition) is 1. The third-order valence-electron chi connectivity index (χ3n) is 3.55. The quantitative estimate of drug-likeness (QED) is 0.701. The van der Waals surface area contributed by atoms with Crippen LogP contribution >= 0.6 is 0 Å². The van der Waals surface area contributed by atoms with E-state index in [-0.39, 0.29) is 12.4 Å². The average Bonchev–Trinajstić information content (AvgIpc) is 2.72. The second-order valence-electron chi connectivity index (χ2n) is 4.72. The first-order valence-corrected chi connectivity index (χ1v) is 5.71. The van der Waals surface area contributed by atoms with E-state index in [2.05, 4.69) is 4.74 Å². The monoisotopic (exact) mass is 229 g/mol. The van der Waals surface area contributed by atoms with Crippen LogP contribution in [0.25, 0.3) is 0 Å². The van der Waals surface area contributed by atoms with Gasteiger partial charge in [-0.05, 0) is 12.8 Å². The van der Waals surface area contributed by atoms with Crippen molar-refractivity contribution < 1.29 is 19.0 Å². The summed E-state index contributed by atoms with van der Waals surface area (Å²) < 4.78 is 15.9. The summed E-state index contributed by atoms with van der Waals surface area (Å²) in [7, 11) is 1.39. The number of hydrogen-bond acceptors (Lipinski definition) is 5.